The molecule has 1 aliphatic carbocycles. The highest BCUT2D eigenvalue weighted by molar-refractivity contribution is 5.76. The van der Waals surface area contributed by atoms with Crippen molar-refractivity contribution in [2.75, 3.05) is 26.7 Å². The molecule has 0 bridgehead atoms. The zero-order valence-electron chi connectivity index (χ0n) is 15.5. The van der Waals surface area contributed by atoms with Crippen molar-refractivity contribution in [3.05, 3.63) is 29.8 Å². The van der Waals surface area contributed by atoms with E-state index in [9.17, 15) is 4.79 Å². The van der Waals surface area contributed by atoms with Crippen LogP contribution in [0.5, 0.6) is 5.75 Å². The maximum absolute atomic E-state index is 12.4. The molecule has 1 heterocycles. The number of rotatable bonds is 7. The third-order valence-corrected chi connectivity index (χ3v) is 6.08. The van der Waals surface area contributed by atoms with Crippen molar-refractivity contribution in [3.8, 4) is 5.75 Å². The number of carbonyl (C=O) groups is 1. The van der Waals surface area contributed by atoms with Gasteiger partial charge in [-0.1, -0.05) is 31.4 Å². The second-order valence-electron chi connectivity index (χ2n) is 7.74. The topological polar surface area (TPSA) is 50.4 Å². The zero-order chi connectivity index (χ0) is 17.5. The molecule has 0 aromatic heterocycles. The third-order valence-electron chi connectivity index (χ3n) is 6.08. The largest absolute Gasteiger partial charge is 0.497 e. The van der Waals surface area contributed by atoms with Gasteiger partial charge in [-0.15, -0.1) is 0 Å². The van der Waals surface area contributed by atoms with Crippen LogP contribution in [0.2, 0.25) is 0 Å². The molecule has 1 saturated heterocycles. The molecule has 1 aromatic rings. The van der Waals surface area contributed by atoms with Gasteiger partial charge >= 0.3 is 0 Å². The molecule has 4 nitrogen and oxygen atoms in total. The van der Waals surface area contributed by atoms with Crippen LogP contribution in [0.15, 0.2) is 24.3 Å². The predicted molar refractivity (Wildman–Crippen MR) is 101 cm³/mol. The summed E-state index contributed by atoms with van der Waals surface area (Å²) < 4.78 is 5.29. The monoisotopic (exact) mass is 344 g/mol. The molecule has 4 heteroatoms. The van der Waals surface area contributed by atoms with E-state index in [4.69, 9.17) is 4.74 Å². The average Bonchev–Trinajstić information content (AvgIpc) is 3.19. The normalized spacial score (nSPS) is 22.5. The number of amides is 1. The Kier molecular flexibility index (Phi) is 6.35. The molecule has 2 N–H and O–H groups in total. The molecule has 25 heavy (non-hydrogen) atoms. The van der Waals surface area contributed by atoms with Gasteiger partial charge in [0.15, 0.2) is 0 Å². The Morgan fingerprint density at radius 2 is 2.00 bits per heavy atom. The van der Waals surface area contributed by atoms with Crippen molar-refractivity contribution in [2.24, 2.45) is 5.92 Å². The van der Waals surface area contributed by atoms with Crippen LogP contribution in [-0.4, -0.2) is 32.7 Å². The van der Waals surface area contributed by atoms with E-state index in [1.807, 2.05) is 12.1 Å². The van der Waals surface area contributed by atoms with Crippen LogP contribution in [-0.2, 0) is 10.2 Å². The standard InChI is InChI=1S/C21H32N2O2/c1-25-19-8-6-18(7-9-19)21(12-3-2-4-13-21)16-23-20(24)10-5-17-11-14-22-15-17/h6-9,17,22H,2-5,10-16H2,1H3,(H,23,24). The lowest BCUT2D eigenvalue weighted by atomic mass is 9.69. The van der Waals surface area contributed by atoms with E-state index in [2.05, 4.69) is 22.8 Å². The Morgan fingerprint density at radius 1 is 1.24 bits per heavy atom. The molecule has 0 spiro atoms. The Labute approximate surface area is 151 Å². The van der Waals surface area contributed by atoms with Gasteiger partial charge in [-0.3, -0.25) is 4.79 Å². The zero-order valence-corrected chi connectivity index (χ0v) is 15.5. The number of nitrogens with one attached hydrogen (secondary N) is 2. The summed E-state index contributed by atoms with van der Waals surface area (Å²) in [5.41, 5.74) is 1.43. The first-order valence-electron chi connectivity index (χ1n) is 9.84. The summed E-state index contributed by atoms with van der Waals surface area (Å²) in [4.78, 5) is 12.4. The van der Waals surface area contributed by atoms with Gasteiger partial charge in [0.25, 0.3) is 0 Å². The van der Waals surface area contributed by atoms with E-state index in [1.54, 1.807) is 7.11 Å². The van der Waals surface area contributed by atoms with Crippen LogP contribution in [0.3, 0.4) is 0 Å². The van der Waals surface area contributed by atoms with Crippen LogP contribution in [0.25, 0.3) is 0 Å². The van der Waals surface area contributed by atoms with E-state index >= 15 is 0 Å². The molecule has 1 atom stereocenters. The van der Waals surface area contributed by atoms with Gasteiger partial charge in [-0.2, -0.15) is 0 Å². The first kappa shape index (κ1) is 18.2. The van der Waals surface area contributed by atoms with E-state index in [1.165, 1.54) is 31.2 Å². The molecular formula is C21H32N2O2. The number of hydrogen-bond acceptors (Lipinski definition) is 3. The molecule has 1 aromatic carbocycles. The average molecular weight is 344 g/mol. The molecule has 2 fully saturated rings. The molecule has 138 valence electrons. The van der Waals surface area contributed by atoms with Gasteiger partial charge < -0.3 is 15.4 Å². The summed E-state index contributed by atoms with van der Waals surface area (Å²) in [6.45, 7) is 2.94. The minimum absolute atomic E-state index is 0.0924. The first-order chi connectivity index (χ1) is 12.2. The molecule has 3 rings (SSSR count). The summed E-state index contributed by atoms with van der Waals surface area (Å²) in [5.74, 6) is 1.78. The predicted octanol–water partition coefficient (Wildman–Crippen LogP) is 3.40. The maximum atomic E-state index is 12.4. The van der Waals surface area contributed by atoms with Crippen molar-refractivity contribution in [1.82, 2.24) is 10.6 Å². The molecule has 2 aliphatic rings. The van der Waals surface area contributed by atoms with Gasteiger partial charge in [0.1, 0.15) is 5.75 Å². The van der Waals surface area contributed by atoms with Gasteiger partial charge in [0.05, 0.1) is 7.11 Å². The highest BCUT2D eigenvalue weighted by Gasteiger charge is 2.34. The van der Waals surface area contributed by atoms with Crippen LogP contribution < -0.4 is 15.4 Å². The SMILES string of the molecule is COc1ccc(C2(CNC(=O)CCC3CCNC3)CCCCC2)cc1. The van der Waals surface area contributed by atoms with Crippen LogP contribution in [0, 0.1) is 5.92 Å². The van der Waals surface area contributed by atoms with Crippen molar-refractivity contribution in [1.29, 1.82) is 0 Å². The quantitative estimate of drug-likeness (QED) is 0.797. The molecule has 1 aliphatic heterocycles. The highest BCUT2D eigenvalue weighted by atomic mass is 16.5. The third kappa shape index (κ3) is 4.75. The van der Waals surface area contributed by atoms with Gasteiger partial charge in [0, 0.05) is 18.4 Å². The maximum Gasteiger partial charge on any atom is 0.220 e. The van der Waals surface area contributed by atoms with Crippen molar-refractivity contribution < 1.29 is 9.53 Å². The van der Waals surface area contributed by atoms with Crippen molar-refractivity contribution in [2.45, 2.75) is 56.8 Å². The van der Waals surface area contributed by atoms with Gasteiger partial charge in [-0.25, -0.2) is 0 Å². The van der Waals surface area contributed by atoms with E-state index in [0.717, 1.165) is 44.6 Å². The van der Waals surface area contributed by atoms with E-state index < -0.39 is 0 Å². The number of benzene rings is 1. The number of methoxy groups -OCH3 is 1. The summed E-state index contributed by atoms with van der Waals surface area (Å²) in [6, 6.07) is 8.45. The Hall–Kier alpha value is -1.55. The van der Waals surface area contributed by atoms with Crippen LogP contribution in [0.1, 0.15) is 56.9 Å². The van der Waals surface area contributed by atoms with Crippen LogP contribution in [0.4, 0.5) is 0 Å². The summed E-state index contributed by atoms with van der Waals surface area (Å²) in [6.07, 6.45) is 8.99. The fourth-order valence-corrected chi connectivity index (χ4v) is 4.39. The Balaban J connectivity index is 1.58. The highest BCUT2D eigenvalue weighted by Crippen LogP contribution is 2.39. The van der Waals surface area contributed by atoms with E-state index in [0.29, 0.717) is 12.3 Å². The molecule has 0 radical (unpaired) electrons. The molecular weight excluding hydrogens is 312 g/mol. The summed E-state index contributed by atoms with van der Waals surface area (Å²) in [5, 5.41) is 6.63. The number of ether oxygens (including phenoxy) is 1. The fourth-order valence-electron chi connectivity index (χ4n) is 4.39. The summed E-state index contributed by atoms with van der Waals surface area (Å²) in [7, 11) is 1.70. The lowest BCUT2D eigenvalue weighted by molar-refractivity contribution is -0.121. The number of carbonyl (C=O) groups excluding carboxylic acids is 1. The molecule has 1 saturated carbocycles. The Bertz CT molecular complexity index is 544. The first-order valence-corrected chi connectivity index (χ1v) is 9.84. The van der Waals surface area contributed by atoms with Crippen molar-refractivity contribution >= 4 is 5.91 Å². The Morgan fingerprint density at radius 3 is 2.64 bits per heavy atom. The van der Waals surface area contributed by atoms with Gasteiger partial charge in [-0.05, 0) is 62.4 Å². The number of hydrogen-bond donors (Lipinski definition) is 2. The smallest absolute Gasteiger partial charge is 0.220 e. The lowest BCUT2D eigenvalue weighted by Gasteiger charge is -2.38. The second-order valence-corrected chi connectivity index (χ2v) is 7.74. The van der Waals surface area contributed by atoms with Gasteiger partial charge in [0.2, 0.25) is 5.91 Å². The van der Waals surface area contributed by atoms with Crippen molar-refractivity contribution in [3.63, 3.8) is 0 Å². The minimum atomic E-state index is 0.0924. The summed E-state index contributed by atoms with van der Waals surface area (Å²) >= 11 is 0. The minimum Gasteiger partial charge on any atom is -0.497 e. The lowest BCUT2D eigenvalue weighted by Crippen LogP contribution is -2.42. The van der Waals surface area contributed by atoms with Crippen LogP contribution >= 0.6 is 0 Å². The second kappa shape index (κ2) is 8.70. The fraction of sp³-hybridized carbons (Fsp3) is 0.667. The molecule has 1 amide bonds. The molecule has 1 unspecified atom stereocenters. The van der Waals surface area contributed by atoms with E-state index in [-0.39, 0.29) is 11.3 Å².